The molecule has 0 aromatic heterocycles. The van der Waals surface area contributed by atoms with E-state index in [0.717, 1.165) is 0 Å². The van der Waals surface area contributed by atoms with E-state index in [4.69, 9.17) is 18.9 Å². The highest BCUT2D eigenvalue weighted by molar-refractivity contribution is 5.72. The van der Waals surface area contributed by atoms with Crippen LogP contribution in [0.1, 0.15) is 6.92 Å². The highest BCUT2D eigenvalue weighted by Crippen LogP contribution is 2.37. The molecule has 0 aliphatic carbocycles. The van der Waals surface area contributed by atoms with E-state index >= 15 is 0 Å². The summed E-state index contributed by atoms with van der Waals surface area (Å²) in [5, 5.41) is 54.3. The number of carbonyl (C=O) groups is 1. The second kappa shape index (κ2) is 8.64. The van der Waals surface area contributed by atoms with Gasteiger partial charge in [-0.15, -0.1) is 0 Å². The minimum absolute atomic E-state index is 0.0263. The van der Waals surface area contributed by atoms with E-state index in [-0.39, 0.29) is 25.7 Å². The van der Waals surface area contributed by atoms with E-state index in [1.165, 1.54) is 6.92 Å². The summed E-state index contributed by atoms with van der Waals surface area (Å²) in [6, 6.07) is 0. The normalized spacial score (nSPS) is 47.9. The largest absolute Gasteiger partial charge is 0.394 e. The lowest BCUT2D eigenvalue weighted by molar-refractivity contribution is -0.332. The van der Waals surface area contributed by atoms with Crippen molar-refractivity contribution < 1.29 is 49.3 Å². The predicted octanol–water partition coefficient (Wildman–Crippen LogP) is -3.92. The van der Waals surface area contributed by atoms with Crippen LogP contribution in [0, 0.1) is 5.92 Å². The van der Waals surface area contributed by atoms with Crippen molar-refractivity contribution in [3.8, 4) is 0 Å². The zero-order valence-electron chi connectivity index (χ0n) is 14.9. The summed E-state index contributed by atoms with van der Waals surface area (Å²) in [4.78, 5) is 11.3. The van der Waals surface area contributed by atoms with Gasteiger partial charge in [-0.3, -0.25) is 4.79 Å². The van der Waals surface area contributed by atoms with Crippen LogP contribution >= 0.6 is 0 Å². The van der Waals surface area contributed by atoms with Crippen LogP contribution in [0.25, 0.3) is 0 Å². The third kappa shape index (κ3) is 4.11. The lowest BCUT2D eigenvalue weighted by Gasteiger charge is -2.51. The van der Waals surface area contributed by atoms with Crippen LogP contribution in [0.3, 0.4) is 0 Å². The third-order valence-electron chi connectivity index (χ3n) is 5.27. The number of hydrogen-bond donors (Lipinski definition) is 6. The van der Waals surface area contributed by atoms with Gasteiger partial charge in [-0.2, -0.15) is 0 Å². The molecule has 0 aromatic rings. The Morgan fingerprint density at radius 3 is 2.26 bits per heavy atom. The van der Waals surface area contributed by atoms with Gasteiger partial charge in [0, 0.05) is 19.4 Å². The zero-order valence-corrected chi connectivity index (χ0v) is 14.9. The molecular weight excluding hydrogens is 366 g/mol. The van der Waals surface area contributed by atoms with Gasteiger partial charge in [0.2, 0.25) is 5.91 Å². The van der Waals surface area contributed by atoms with Crippen molar-refractivity contribution in [3.05, 3.63) is 0 Å². The Morgan fingerprint density at radius 1 is 0.926 bits per heavy atom. The summed E-state index contributed by atoms with van der Waals surface area (Å²) < 4.78 is 22.4. The first-order valence-electron chi connectivity index (χ1n) is 8.96. The number of aliphatic hydroxyl groups is 5. The number of ether oxygens (including phenoxy) is 4. The van der Waals surface area contributed by atoms with Gasteiger partial charge in [-0.1, -0.05) is 0 Å². The lowest BCUT2D eigenvalue weighted by atomic mass is 9.78. The average molecular weight is 393 g/mol. The maximum absolute atomic E-state index is 11.3. The quantitative estimate of drug-likeness (QED) is 0.279. The standard InChI is InChI=1S/C16H27NO10/c1-6(19)17-4-7-9-10(20)13(23)16(27-7)25-3-2-24-14-8(5-18)26-15(9)12(22)11(14)21/h7-16,18,20-23H,2-5H2,1H3,(H,17,19)/t7-,8-,9?,10+,11-,12-,13-,14-,15-,16+/m1/s1. The van der Waals surface area contributed by atoms with Crippen molar-refractivity contribution in [2.24, 2.45) is 5.92 Å². The molecule has 6 aliphatic heterocycles. The van der Waals surface area contributed by atoms with Gasteiger partial charge in [-0.25, -0.2) is 0 Å². The fourth-order valence-corrected chi connectivity index (χ4v) is 3.91. The molecule has 1 amide bonds. The summed E-state index contributed by atoms with van der Waals surface area (Å²) in [5.41, 5.74) is 0. The number of hydrogen-bond acceptors (Lipinski definition) is 10. The maximum Gasteiger partial charge on any atom is 0.216 e. The molecule has 6 saturated heterocycles. The first kappa shape index (κ1) is 20.8. The Morgan fingerprint density at radius 2 is 1.59 bits per heavy atom. The Balaban J connectivity index is 1.95. The summed E-state index contributed by atoms with van der Waals surface area (Å²) >= 11 is 0. The molecule has 6 rings (SSSR count). The molecule has 6 aliphatic rings. The van der Waals surface area contributed by atoms with Crippen molar-refractivity contribution in [1.29, 1.82) is 0 Å². The molecule has 0 radical (unpaired) electrons. The van der Waals surface area contributed by atoms with E-state index in [1.807, 2.05) is 0 Å². The van der Waals surface area contributed by atoms with Gasteiger partial charge in [-0.05, 0) is 0 Å². The molecule has 11 heteroatoms. The van der Waals surface area contributed by atoms with Crippen LogP contribution in [0.4, 0.5) is 0 Å². The maximum atomic E-state index is 11.3. The Labute approximate surface area is 155 Å². The Hall–Kier alpha value is -0.890. The number of carbonyl (C=O) groups excluding carboxylic acids is 1. The molecule has 11 nitrogen and oxygen atoms in total. The van der Waals surface area contributed by atoms with Crippen LogP contribution < -0.4 is 5.32 Å². The molecular formula is C16H27NO10. The van der Waals surface area contributed by atoms with Crippen molar-refractivity contribution in [3.63, 3.8) is 0 Å². The molecule has 10 atom stereocenters. The average Bonchev–Trinajstić information content (AvgIpc) is 2.63. The van der Waals surface area contributed by atoms with Gasteiger partial charge in [0.1, 0.15) is 30.5 Å². The van der Waals surface area contributed by atoms with Crippen molar-refractivity contribution in [1.82, 2.24) is 5.32 Å². The van der Waals surface area contributed by atoms with Crippen LogP contribution in [-0.2, 0) is 23.7 Å². The molecule has 1 unspecified atom stereocenters. The number of nitrogens with one attached hydrogen (secondary N) is 1. The Bertz CT molecular complexity index is 519. The minimum Gasteiger partial charge on any atom is -0.394 e. The molecule has 0 spiro atoms. The highest BCUT2D eigenvalue weighted by atomic mass is 16.7. The van der Waals surface area contributed by atoms with Gasteiger partial charge in [0.15, 0.2) is 6.29 Å². The minimum atomic E-state index is -1.47. The lowest BCUT2D eigenvalue weighted by Crippen LogP contribution is -2.68. The summed E-state index contributed by atoms with van der Waals surface area (Å²) in [6.45, 7) is 0.732. The van der Waals surface area contributed by atoms with Crippen molar-refractivity contribution >= 4 is 5.91 Å². The van der Waals surface area contributed by atoms with Crippen LogP contribution in [-0.4, -0.2) is 113 Å². The molecule has 27 heavy (non-hydrogen) atoms. The van der Waals surface area contributed by atoms with Crippen molar-refractivity contribution in [2.45, 2.75) is 62.0 Å². The van der Waals surface area contributed by atoms with Crippen LogP contribution in [0.5, 0.6) is 0 Å². The molecule has 0 saturated carbocycles. The summed E-state index contributed by atoms with van der Waals surface area (Å²) in [5.74, 6) is -1.34. The van der Waals surface area contributed by atoms with Crippen LogP contribution in [0.2, 0.25) is 0 Å². The molecule has 6 fully saturated rings. The molecule has 6 N–H and O–H groups in total. The van der Waals surface area contributed by atoms with E-state index in [2.05, 4.69) is 5.32 Å². The molecule has 6 heterocycles. The number of aliphatic hydroxyl groups excluding tert-OH is 5. The van der Waals surface area contributed by atoms with E-state index in [1.54, 1.807) is 0 Å². The number of amides is 1. The van der Waals surface area contributed by atoms with E-state index in [9.17, 15) is 30.3 Å². The van der Waals surface area contributed by atoms with Gasteiger partial charge in [0.25, 0.3) is 0 Å². The molecule has 156 valence electrons. The summed E-state index contributed by atoms with van der Waals surface area (Å²) in [6.07, 6.45) is -10.9. The topological polar surface area (TPSA) is 167 Å². The summed E-state index contributed by atoms with van der Waals surface area (Å²) in [7, 11) is 0. The predicted molar refractivity (Wildman–Crippen MR) is 86.3 cm³/mol. The second-order valence-corrected chi connectivity index (χ2v) is 7.05. The van der Waals surface area contributed by atoms with Gasteiger partial charge in [0.05, 0.1) is 38.1 Å². The monoisotopic (exact) mass is 393 g/mol. The van der Waals surface area contributed by atoms with E-state index < -0.39 is 67.6 Å². The van der Waals surface area contributed by atoms with Crippen molar-refractivity contribution in [2.75, 3.05) is 26.4 Å². The molecule has 4 bridgehead atoms. The Kier molecular flexibility index (Phi) is 6.66. The zero-order chi connectivity index (χ0) is 19.7. The highest BCUT2D eigenvalue weighted by Gasteiger charge is 2.55. The van der Waals surface area contributed by atoms with Crippen LogP contribution in [0.15, 0.2) is 0 Å². The van der Waals surface area contributed by atoms with Gasteiger partial charge >= 0.3 is 0 Å². The first-order chi connectivity index (χ1) is 12.8. The molecule has 0 aromatic carbocycles. The van der Waals surface area contributed by atoms with E-state index in [0.29, 0.717) is 0 Å². The SMILES string of the molecule is CC(=O)NC[C@H]1O[C@@H]2OCCO[C@H]3[C@H](O)[C@@H](O)[C@H](O[C@@H]3CO)C1[C@H](O)[C@H]2O. The smallest absolute Gasteiger partial charge is 0.216 e. The second-order valence-electron chi connectivity index (χ2n) is 7.05. The first-order valence-corrected chi connectivity index (χ1v) is 8.96. The fourth-order valence-electron chi connectivity index (χ4n) is 3.91. The van der Waals surface area contributed by atoms with Gasteiger partial charge < -0.3 is 49.8 Å². The third-order valence-corrected chi connectivity index (χ3v) is 5.27. The number of rotatable bonds is 3. The fraction of sp³-hybridized carbons (Fsp3) is 0.938.